The number of hydrogen-bond acceptors (Lipinski definition) is 4. The fraction of sp³-hybridized carbons (Fsp3) is 0.550. The van der Waals surface area contributed by atoms with E-state index in [4.69, 9.17) is 4.74 Å². The number of likely N-dealkylation sites (tertiary alicyclic amines) is 2. The molecule has 0 unspecified atom stereocenters. The van der Waals surface area contributed by atoms with Crippen LogP contribution in [0.3, 0.4) is 0 Å². The summed E-state index contributed by atoms with van der Waals surface area (Å²) < 4.78 is 19.1. The van der Waals surface area contributed by atoms with Crippen LogP contribution in [0.4, 0.5) is 4.39 Å². The Bertz CT molecular complexity index is 777. The molecule has 0 saturated carbocycles. The minimum Gasteiger partial charge on any atom is -0.494 e. The van der Waals surface area contributed by atoms with Crippen LogP contribution in [0.1, 0.15) is 25.3 Å². The summed E-state index contributed by atoms with van der Waals surface area (Å²) in [6, 6.07) is 5.05. The molecule has 1 aromatic carbocycles. The highest BCUT2D eigenvalue weighted by molar-refractivity contribution is 5.63. The van der Waals surface area contributed by atoms with Crippen LogP contribution in [-0.2, 0) is 6.54 Å². The van der Waals surface area contributed by atoms with Crippen LogP contribution in [0.2, 0.25) is 0 Å². The van der Waals surface area contributed by atoms with E-state index < -0.39 is 0 Å². The summed E-state index contributed by atoms with van der Waals surface area (Å²) in [5.74, 6) is -0.0886. The predicted octanol–water partition coefficient (Wildman–Crippen LogP) is 3.14. The van der Waals surface area contributed by atoms with Gasteiger partial charge in [0.25, 0.3) is 0 Å². The number of ether oxygens (including phenoxy) is 1. The summed E-state index contributed by atoms with van der Waals surface area (Å²) in [4.78, 5) is 5.08. The Kier molecular flexibility index (Phi) is 4.71. The maximum absolute atomic E-state index is 14.1. The van der Waals surface area contributed by atoms with Crippen molar-refractivity contribution in [2.75, 3.05) is 39.8 Å². The molecule has 26 heavy (non-hydrogen) atoms. The second-order valence-electron chi connectivity index (χ2n) is 7.70. The highest BCUT2D eigenvalue weighted by Crippen LogP contribution is 2.40. The maximum Gasteiger partial charge on any atom is 0.165 e. The van der Waals surface area contributed by atoms with Gasteiger partial charge in [0.1, 0.15) is 0 Å². The number of aromatic amines is 1. The van der Waals surface area contributed by atoms with Gasteiger partial charge in [0, 0.05) is 30.8 Å². The first kappa shape index (κ1) is 17.5. The summed E-state index contributed by atoms with van der Waals surface area (Å²) >= 11 is 0. The molecule has 2 aliphatic rings. The SMILES string of the molecule is CCN1CC[C@@]2(CCN(Cc3cn[nH]c3-c3ccc(OC)c(F)c3)C2)C1. The van der Waals surface area contributed by atoms with Crippen molar-refractivity contribution in [2.45, 2.75) is 26.3 Å². The van der Waals surface area contributed by atoms with Gasteiger partial charge in [-0.1, -0.05) is 6.92 Å². The predicted molar refractivity (Wildman–Crippen MR) is 99.6 cm³/mol. The van der Waals surface area contributed by atoms with Gasteiger partial charge >= 0.3 is 0 Å². The Labute approximate surface area is 154 Å². The van der Waals surface area contributed by atoms with E-state index >= 15 is 0 Å². The number of halogens is 1. The average Bonchev–Trinajstić information content (AvgIpc) is 3.36. The molecule has 0 radical (unpaired) electrons. The molecule has 1 atom stereocenters. The van der Waals surface area contributed by atoms with Crippen molar-refractivity contribution in [1.82, 2.24) is 20.0 Å². The lowest BCUT2D eigenvalue weighted by Crippen LogP contribution is -2.30. The van der Waals surface area contributed by atoms with Crippen molar-refractivity contribution in [3.05, 3.63) is 35.8 Å². The van der Waals surface area contributed by atoms with Gasteiger partial charge in [0.15, 0.2) is 11.6 Å². The number of aromatic nitrogens is 2. The number of benzene rings is 1. The molecule has 0 bridgehead atoms. The number of nitrogens with one attached hydrogen (secondary N) is 1. The molecule has 1 spiro atoms. The van der Waals surface area contributed by atoms with Crippen LogP contribution in [0.15, 0.2) is 24.4 Å². The van der Waals surface area contributed by atoms with Gasteiger partial charge in [-0.2, -0.15) is 5.10 Å². The van der Waals surface area contributed by atoms with E-state index in [0.717, 1.165) is 43.0 Å². The van der Waals surface area contributed by atoms with Gasteiger partial charge in [-0.15, -0.1) is 0 Å². The Morgan fingerprint density at radius 3 is 2.69 bits per heavy atom. The number of hydrogen-bond donors (Lipinski definition) is 1. The van der Waals surface area contributed by atoms with E-state index in [2.05, 4.69) is 26.9 Å². The third-order valence-corrected chi connectivity index (χ3v) is 6.03. The summed E-state index contributed by atoms with van der Waals surface area (Å²) in [7, 11) is 1.48. The second-order valence-corrected chi connectivity index (χ2v) is 7.70. The van der Waals surface area contributed by atoms with Gasteiger partial charge in [-0.25, -0.2) is 4.39 Å². The first-order valence-electron chi connectivity index (χ1n) is 9.43. The topological polar surface area (TPSA) is 44.4 Å². The van der Waals surface area contributed by atoms with Crippen LogP contribution in [0, 0.1) is 11.2 Å². The zero-order valence-electron chi connectivity index (χ0n) is 15.6. The molecule has 1 N–H and O–H groups in total. The van der Waals surface area contributed by atoms with Crippen molar-refractivity contribution in [2.24, 2.45) is 5.41 Å². The van der Waals surface area contributed by atoms with Crippen LogP contribution in [0.25, 0.3) is 11.3 Å². The quantitative estimate of drug-likeness (QED) is 0.892. The molecular weight excluding hydrogens is 331 g/mol. The van der Waals surface area contributed by atoms with E-state index in [1.54, 1.807) is 6.07 Å². The molecule has 2 aromatic rings. The summed E-state index contributed by atoms with van der Waals surface area (Å²) in [6.07, 6.45) is 4.45. The van der Waals surface area contributed by atoms with Gasteiger partial charge in [-0.05, 0) is 56.1 Å². The molecule has 5 nitrogen and oxygen atoms in total. The molecule has 6 heteroatoms. The molecule has 4 rings (SSSR count). The lowest BCUT2D eigenvalue weighted by molar-refractivity contribution is 0.241. The van der Waals surface area contributed by atoms with Crippen molar-refractivity contribution >= 4 is 0 Å². The zero-order valence-corrected chi connectivity index (χ0v) is 15.6. The minimum atomic E-state index is -0.351. The van der Waals surface area contributed by atoms with Gasteiger partial charge < -0.3 is 9.64 Å². The lowest BCUT2D eigenvalue weighted by atomic mass is 9.86. The summed E-state index contributed by atoms with van der Waals surface area (Å²) in [6.45, 7) is 8.97. The number of nitrogens with zero attached hydrogens (tertiary/aromatic N) is 3. The van der Waals surface area contributed by atoms with Crippen molar-refractivity contribution in [3.8, 4) is 17.0 Å². The normalized spacial score (nSPS) is 24.0. The van der Waals surface area contributed by atoms with E-state index in [1.807, 2.05) is 12.3 Å². The van der Waals surface area contributed by atoms with Crippen molar-refractivity contribution < 1.29 is 9.13 Å². The van der Waals surface area contributed by atoms with Crippen LogP contribution < -0.4 is 4.74 Å². The fourth-order valence-corrected chi connectivity index (χ4v) is 4.54. The Morgan fingerprint density at radius 2 is 2.00 bits per heavy atom. The highest BCUT2D eigenvalue weighted by atomic mass is 19.1. The van der Waals surface area contributed by atoms with Crippen LogP contribution in [-0.4, -0.2) is 59.8 Å². The summed E-state index contributed by atoms with van der Waals surface area (Å²) in [5.41, 5.74) is 3.29. The average molecular weight is 358 g/mol. The van der Waals surface area contributed by atoms with E-state index in [1.165, 1.54) is 39.1 Å². The molecule has 2 fully saturated rings. The molecule has 2 saturated heterocycles. The fourth-order valence-electron chi connectivity index (χ4n) is 4.54. The maximum atomic E-state index is 14.1. The molecule has 0 amide bonds. The molecule has 3 heterocycles. The number of H-pyrrole nitrogens is 1. The van der Waals surface area contributed by atoms with E-state index in [9.17, 15) is 4.39 Å². The zero-order chi connectivity index (χ0) is 18.1. The first-order chi connectivity index (χ1) is 12.6. The van der Waals surface area contributed by atoms with Crippen LogP contribution >= 0.6 is 0 Å². The molecule has 0 aliphatic carbocycles. The number of methoxy groups -OCH3 is 1. The monoisotopic (exact) mass is 358 g/mol. The molecule has 140 valence electrons. The summed E-state index contributed by atoms with van der Waals surface area (Å²) in [5, 5.41) is 7.26. The Balaban J connectivity index is 1.48. The van der Waals surface area contributed by atoms with E-state index in [0.29, 0.717) is 5.41 Å². The van der Waals surface area contributed by atoms with Crippen molar-refractivity contribution in [1.29, 1.82) is 0 Å². The van der Waals surface area contributed by atoms with Crippen molar-refractivity contribution in [3.63, 3.8) is 0 Å². The molecule has 2 aliphatic heterocycles. The third kappa shape index (κ3) is 3.23. The molecule has 1 aromatic heterocycles. The highest BCUT2D eigenvalue weighted by Gasteiger charge is 2.42. The van der Waals surface area contributed by atoms with Crippen LogP contribution in [0.5, 0.6) is 5.75 Å². The van der Waals surface area contributed by atoms with E-state index in [-0.39, 0.29) is 11.6 Å². The second kappa shape index (κ2) is 7.00. The first-order valence-corrected chi connectivity index (χ1v) is 9.43. The smallest absolute Gasteiger partial charge is 0.165 e. The number of rotatable bonds is 5. The minimum absolute atomic E-state index is 0.262. The Morgan fingerprint density at radius 1 is 1.23 bits per heavy atom. The van der Waals surface area contributed by atoms with Gasteiger partial charge in [-0.3, -0.25) is 10.00 Å². The third-order valence-electron chi connectivity index (χ3n) is 6.03. The largest absolute Gasteiger partial charge is 0.494 e. The lowest BCUT2D eigenvalue weighted by Gasteiger charge is -2.24. The Hall–Kier alpha value is -1.92. The van der Waals surface area contributed by atoms with Gasteiger partial charge in [0.2, 0.25) is 0 Å². The molecular formula is C20H27FN4O. The standard InChI is InChI=1S/C20H27FN4O/c1-3-24-8-6-20(13-24)7-9-25(14-20)12-16-11-22-23-19(16)15-4-5-18(26-2)17(21)10-15/h4-5,10-11H,3,6-9,12-14H2,1-2H3,(H,22,23)/t20-/m1/s1. The van der Waals surface area contributed by atoms with Gasteiger partial charge in [0.05, 0.1) is 19.0 Å².